The van der Waals surface area contributed by atoms with Crippen LogP contribution in [0, 0.1) is 6.92 Å². The van der Waals surface area contributed by atoms with Crippen LogP contribution in [0.3, 0.4) is 0 Å². The summed E-state index contributed by atoms with van der Waals surface area (Å²) in [6.45, 7) is 1.73. The SMILES string of the molecule is Cc1ccc(NCc2coc(-c3cccs3)n2)cc1C(F)(F)F. The van der Waals surface area contributed by atoms with Crippen LogP contribution in [-0.4, -0.2) is 4.98 Å². The lowest BCUT2D eigenvalue weighted by atomic mass is 10.1. The molecule has 0 saturated carbocycles. The summed E-state index contributed by atoms with van der Waals surface area (Å²) in [7, 11) is 0. The molecule has 0 aliphatic carbocycles. The van der Waals surface area contributed by atoms with E-state index in [9.17, 15) is 13.2 Å². The van der Waals surface area contributed by atoms with Crippen molar-refractivity contribution in [1.82, 2.24) is 4.98 Å². The zero-order valence-corrected chi connectivity index (χ0v) is 13.0. The van der Waals surface area contributed by atoms with E-state index >= 15 is 0 Å². The van der Waals surface area contributed by atoms with Gasteiger partial charge in [0, 0.05) is 5.69 Å². The van der Waals surface area contributed by atoms with Gasteiger partial charge in [0.2, 0.25) is 5.89 Å². The lowest BCUT2D eigenvalue weighted by Crippen LogP contribution is -2.09. The number of halogens is 3. The third-order valence-corrected chi connectivity index (χ3v) is 4.16. The van der Waals surface area contributed by atoms with E-state index in [1.54, 1.807) is 6.07 Å². The number of benzene rings is 1. The maximum absolute atomic E-state index is 12.9. The fraction of sp³-hybridized carbons (Fsp3) is 0.188. The summed E-state index contributed by atoms with van der Waals surface area (Å²) in [5.41, 5.74) is 0.581. The molecular formula is C16H13F3N2OS. The smallest absolute Gasteiger partial charge is 0.416 e. The van der Waals surface area contributed by atoms with Crippen molar-refractivity contribution in [3.63, 3.8) is 0 Å². The molecule has 0 amide bonds. The number of nitrogens with zero attached hydrogens (tertiary/aromatic N) is 1. The van der Waals surface area contributed by atoms with Gasteiger partial charge in [-0.2, -0.15) is 13.2 Å². The summed E-state index contributed by atoms with van der Waals surface area (Å²) in [6.07, 6.45) is -2.86. The van der Waals surface area contributed by atoms with Gasteiger partial charge in [-0.1, -0.05) is 12.1 Å². The van der Waals surface area contributed by atoms with Crippen molar-refractivity contribution < 1.29 is 17.6 Å². The van der Waals surface area contributed by atoms with Crippen LogP contribution in [0.25, 0.3) is 10.8 Å². The number of nitrogens with one attached hydrogen (secondary N) is 1. The van der Waals surface area contributed by atoms with Crippen molar-refractivity contribution in [2.24, 2.45) is 0 Å². The molecule has 0 radical (unpaired) electrons. The number of aryl methyl sites for hydroxylation is 1. The number of rotatable bonds is 4. The number of alkyl halides is 3. The van der Waals surface area contributed by atoms with Gasteiger partial charge in [-0.05, 0) is 36.1 Å². The molecule has 120 valence electrons. The van der Waals surface area contributed by atoms with E-state index in [4.69, 9.17) is 4.42 Å². The number of hydrogen-bond donors (Lipinski definition) is 1. The average Bonchev–Trinajstić information content (AvgIpc) is 3.16. The zero-order valence-electron chi connectivity index (χ0n) is 12.1. The number of hydrogen-bond acceptors (Lipinski definition) is 4. The highest BCUT2D eigenvalue weighted by molar-refractivity contribution is 7.13. The van der Waals surface area contributed by atoms with Crippen molar-refractivity contribution in [3.8, 4) is 10.8 Å². The summed E-state index contributed by atoms with van der Waals surface area (Å²) in [4.78, 5) is 5.22. The zero-order chi connectivity index (χ0) is 16.4. The summed E-state index contributed by atoms with van der Waals surface area (Å²) >= 11 is 1.51. The molecule has 0 bridgehead atoms. The second-order valence-corrected chi connectivity index (χ2v) is 5.95. The van der Waals surface area contributed by atoms with Gasteiger partial charge < -0.3 is 9.73 Å². The number of aromatic nitrogens is 1. The fourth-order valence-corrected chi connectivity index (χ4v) is 2.79. The summed E-state index contributed by atoms with van der Waals surface area (Å²) < 4.78 is 44.1. The van der Waals surface area contributed by atoms with Crippen LogP contribution in [0.5, 0.6) is 0 Å². The predicted molar refractivity (Wildman–Crippen MR) is 83.3 cm³/mol. The summed E-state index contributed by atoms with van der Waals surface area (Å²) in [5.74, 6) is 0.511. The Hall–Kier alpha value is -2.28. The molecule has 3 rings (SSSR count). The fourth-order valence-electron chi connectivity index (χ4n) is 2.13. The Kier molecular flexibility index (Phi) is 4.12. The van der Waals surface area contributed by atoms with Gasteiger partial charge in [-0.3, -0.25) is 0 Å². The van der Waals surface area contributed by atoms with Crippen molar-refractivity contribution in [2.75, 3.05) is 5.32 Å². The monoisotopic (exact) mass is 338 g/mol. The largest absolute Gasteiger partial charge is 0.443 e. The molecule has 0 saturated heterocycles. The van der Waals surface area contributed by atoms with Crippen LogP contribution in [0.15, 0.2) is 46.4 Å². The number of thiophene rings is 1. The normalized spacial score (nSPS) is 11.7. The van der Waals surface area contributed by atoms with E-state index in [-0.39, 0.29) is 12.1 Å². The molecule has 0 aliphatic rings. The van der Waals surface area contributed by atoms with Crippen LogP contribution in [0.2, 0.25) is 0 Å². The first-order chi connectivity index (χ1) is 10.9. The lowest BCUT2D eigenvalue weighted by molar-refractivity contribution is -0.138. The van der Waals surface area contributed by atoms with Crippen LogP contribution in [0.1, 0.15) is 16.8 Å². The second kappa shape index (κ2) is 6.08. The molecule has 0 fully saturated rings. The second-order valence-electron chi connectivity index (χ2n) is 5.00. The molecular weight excluding hydrogens is 325 g/mol. The topological polar surface area (TPSA) is 38.1 Å². The predicted octanol–water partition coefficient (Wildman–Crippen LogP) is 5.34. The Morgan fingerprint density at radius 2 is 2.09 bits per heavy atom. The highest BCUT2D eigenvalue weighted by Gasteiger charge is 2.32. The van der Waals surface area contributed by atoms with Gasteiger partial charge in [-0.15, -0.1) is 11.3 Å². The summed E-state index contributed by atoms with van der Waals surface area (Å²) in [6, 6.07) is 7.96. The third kappa shape index (κ3) is 3.56. The molecule has 2 heterocycles. The highest BCUT2D eigenvalue weighted by Crippen LogP contribution is 2.33. The maximum atomic E-state index is 12.9. The minimum atomic E-state index is -4.36. The van der Waals surface area contributed by atoms with Crippen molar-refractivity contribution in [3.05, 3.63) is 58.8 Å². The Balaban J connectivity index is 1.72. The molecule has 3 nitrogen and oxygen atoms in total. The first-order valence-corrected chi connectivity index (χ1v) is 7.71. The van der Waals surface area contributed by atoms with E-state index in [1.807, 2.05) is 17.5 Å². The lowest BCUT2D eigenvalue weighted by Gasteiger charge is -2.12. The van der Waals surface area contributed by atoms with Gasteiger partial charge in [0.25, 0.3) is 0 Å². The minimum Gasteiger partial charge on any atom is -0.443 e. The van der Waals surface area contributed by atoms with E-state index in [2.05, 4.69) is 10.3 Å². The van der Waals surface area contributed by atoms with Gasteiger partial charge in [-0.25, -0.2) is 4.98 Å². The standard InChI is InChI=1S/C16H13F3N2OS/c1-10-4-5-11(7-13(10)16(17,18)19)20-8-12-9-22-15(21-12)14-3-2-6-23-14/h2-7,9,20H,8H2,1H3. The molecule has 1 aromatic carbocycles. The number of oxazole rings is 1. The molecule has 7 heteroatoms. The van der Waals surface area contributed by atoms with Crippen LogP contribution >= 0.6 is 11.3 Å². The molecule has 2 aromatic heterocycles. The molecule has 1 N–H and O–H groups in total. The van der Waals surface area contributed by atoms with E-state index in [1.165, 1.54) is 30.6 Å². The molecule has 0 aliphatic heterocycles. The molecule has 0 spiro atoms. The molecule has 0 unspecified atom stereocenters. The van der Waals surface area contributed by atoms with Crippen molar-refractivity contribution >= 4 is 17.0 Å². The Bertz CT molecular complexity index is 794. The van der Waals surface area contributed by atoms with Gasteiger partial charge in [0.1, 0.15) is 6.26 Å². The van der Waals surface area contributed by atoms with Crippen LogP contribution in [0.4, 0.5) is 18.9 Å². The Morgan fingerprint density at radius 3 is 2.78 bits per heavy atom. The van der Waals surface area contributed by atoms with Crippen molar-refractivity contribution in [2.45, 2.75) is 19.6 Å². The first kappa shape index (κ1) is 15.6. The quantitative estimate of drug-likeness (QED) is 0.697. The molecule has 0 atom stereocenters. The molecule has 3 aromatic rings. The summed E-state index contributed by atoms with van der Waals surface area (Å²) in [5, 5.41) is 4.86. The first-order valence-electron chi connectivity index (χ1n) is 6.83. The van der Waals surface area contributed by atoms with Crippen molar-refractivity contribution in [1.29, 1.82) is 0 Å². The maximum Gasteiger partial charge on any atom is 0.416 e. The number of anilines is 1. The Morgan fingerprint density at radius 1 is 1.26 bits per heavy atom. The average molecular weight is 338 g/mol. The van der Waals surface area contributed by atoms with Crippen LogP contribution in [-0.2, 0) is 12.7 Å². The van der Waals surface area contributed by atoms with Gasteiger partial charge in [0.15, 0.2) is 0 Å². The van der Waals surface area contributed by atoms with Gasteiger partial charge >= 0.3 is 6.18 Å². The minimum absolute atomic E-state index is 0.199. The van der Waals surface area contributed by atoms with E-state index in [0.717, 1.165) is 10.9 Å². The van der Waals surface area contributed by atoms with E-state index in [0.29, 0.717) is 17.3 Å². The third-order valence-electron chi connectivity index (χ3n) is 3.30. The van der Waals surface area contributed by atoms with Gasteiger partial charge in [0.05, 0.1) is 22.7 Å². The van der Waals surface area contributed by atoms with Crippen LogP contribution < -0.4 is 5.32 Å². The highest BCUT2D eigenvalue weighted by atomic mass is 32.1. The molecule has 23 heavy (non-hydrogen) atoms. The Labute approximate surface area is 134 Å². The van der Waals surface area contributed by atoms with E-state index < -0.39 is 11.7 Å².